The molecule has 1 amide bonds. The Morgan fingerprint density at radius 2 is 2.09 bits per heavy atom. The van der Waals surface area contributed by atoms with Gasteiger partial charge in [-0.2, -0.15) is 5.10 Å². The molecule has 0 unspecified atom stereocenters. The number of fused-ring (bicyclic) bond motifs is 1. The largest absolute Gasteiger partial charge is 0.465 e. The van der Waals surface area contributed by atoms with Gasteiger partial charge in [-0.25, -0.2) is 23.7 Å². The van der Waals surface area contributed by atoms with Crippen molar-refractivity contribution >= 4 is 23.1 Å². The number of H-pyrrole nitrogens is 1. The number of nitrogens with zero attached hydrogens (tertiary/aromatic N) is 4. The van der Waals surface area contributed by atoms with E-state index in [-0.39, 0.29) is 47.9 Å². The fraction of sp³-hybridized carbons (Fsp3) is 0.273. The average molecular weight is 487 g/mol. The maximum atomic E-state index is 15.3. The summed E-state index contributed by atoms with van der Waals surface area (Å²) >= 11 is 0.750. The number of pyridine rings is 1. The van der Waals surface area contributed by atoms with Crippen LogP contribution in [-0.2, 0) is 11.2 Å². The summed E-state index contributed by atoms with van der Waals surface area (Å²) in [6, 6.07) is 5.88. The van der Waals surface area contributed by atoms with E-state index in [9.17, 15) is 14.7 Å². The monoisotopic (exact) mass is 487 g/mol. The van der Waals surface area contributed by atoms with Crippen LogP contribution in [0.1, 0.15) is 11.3 Å². The van der Waals surface area contributed by atoms with E-state index in [2.05, 4.69) is 15.2 Å². The van der Waals surface area contributed by atoms with Gasteiger partial charge in [0, 0.05) is 24.7 Å². The maximum absolute atomic E-state index is 15.3. The highest BCUT2D eigenvalue weighted by atomic mass is 32.1. The first kappa shape index (κ1) is 22.2. The Morgan fingerprint density at radius 1 is 1.32 bits per heavy atom. The molecule has 1 fully saturated rings. The third-order valence-corrected chi connectivity index (χ3v) is 6.47. The molecule has 1 saturated heterocycles. The number of hydrogen-bond donors (Lipinski definition) is 2. The fourth-order valence-corrected chi connectivity index (χ4v) is 4.69. The summed E-state index contributed by atoms with van der Waals surface area (Å²) in [6.07, 6.45) is 0.414. The van der Waals surface area contributed by atoms with E-state index in [1.165, 1.54) is 4.90 Å². The molecule has 1 atom stereocenters. The summed E-state index contributed by atoms with van der Waals surface area (Å²) in [5.41, 5.74) is 1.86. The minimum atomic E-state index is -1.05. The number of halogens is 2. The average Bonchev–Trinajstić information content (AvgIpc) is 3.37. The standard InChI is InChI=1S/C22H19F2N5O4S/c1-11-2-3-29-16(9-13-10-28(22(31)32)4-5-33-13)19(25-17(29)6-11)18-14(23)7-12(8-15(18)24)20-26-27-21(30)34-20/h2-3,6-8,13H,4-5,9-10H2,1H3,(H,27,30)(H,31,32)/t13-/m0/s1. The number of nitrogens with one attached hydrogen (secondary N) is 1. The van der Waals surface area contributed by atoms with Gasteiger partial charge in [0.15, 0.2) is 0 Å². The molecule has 1 aliphatic rings. The molecule has 0 saturated carbocycles. The minimum absolute atomic E-state index is 0.110. The maximum Gasteiger partial charge on any atom is 0.407 e. The molecule has 9 nitrogen and oxygen atoms in total. The molecule has 5 rings (SSSR count). The Bertz CT molecular complexity index is 1440. The first-order chi connectivity index (χ1) is 16.3. The number of amides is 1. The van der Waals surface area contributed by atoms with Crippen LogP contribution in [-0.4, -0.2) is 61.5 Å². The molecule has 0 radical (unpaired) electrons. The summed E-state index contributed by atoms with van der Waals surface area (Å²) in [4.78, 5) is 28.2. The summed E-state index contributed by atoms with van der Waals surface area (Å²) in [5.74, 6) is -1.70. The van der Waals surface area contributed by atoms with E-state index >= 15 is 8.78 Å². The molecule has 0 spiro atoms. The third-order valence-electron chi connectivity index (χ3n) is 5.67. The number of ether oxygens (including phenoxy) is 1. The van der Waals surface area contributed by atoms with Crippen LogP contribution in [0.5, 0.6) is 0 Å². The van der Waals surface area contributed by atoms with Crippen LogP contribution in [0.3, 0.4) is 0 Å². The van der Waals surface area contributed by atoms with Gasteiger partial charge in [0.2, 0.25) is 0 Å². The highest BCUT2D eigenvalue weighted by Crippen LogP contribution is 2.34. The first-order valence-electron chi connectivity index (χ1n) is 10.4. The Balaban J connectivity index is 1.61. The quantitative estimate of drug-likeness (QED) is 0.457. The molecule has 0 bridgehead atoms. The highest BCUT2D eigenvalue weighted by molar-refractivity contribution is 7.12. The van der Waals surface area contributed by atoms with Gasteiger partial charge in [-0.3, -0.25) is 4.79 Å². The normalized spacial score (nSPS) is 16.3. The first-order valence-corrected chi connectivity index (χ1v) is 11.2. The summed E-state index contributed by atoms with van der Waals surface area (Å²) in [7, 11) is 0. The van der Waals surface area contributed by atoms with E-state index in [1.54, 1.807) is 16.7 Å². The predicted molar refractivity (Wildman–Crippen MR) is 120 cm³/mol. The van der Waals surface area contributed by atoms with Crippen molar-refractivity contribution in [1.29, 1.82) is 0 Å². The van der Waals surface area contributed by atoms with Crippen LogP contribution >= 0.6 is 11.3 Å². The number of morpholine rings is 1. The summed E-state index contributed by atoms with van der Waals surface area (Å²) < 4.78 is 38.1. The van der Waals surface area contributed by atoms with Gasteiger partial charge in [0.25, 0.3) is 0 Å². The van der Waals surface area contributed by atoms with E-state index in [1.807, 2.05) is 13.0 Å². The van der Waals surface area contributed by atoms with Crippen LogP contribution in [0.25, 0.3) is 27.5 Å². The van der Waals surface area contributed by atoms with Crippen LogP contribution in [0, 0.1) is 18.6 Å². The topological polar surface area (TPSA) is 113 Å². The molecule has 1 aliphatic heterocycles. The molecule has 34 heavy (non-hydrogen) atoms. The molecule has 4 aromatic rings. The van der Waals surface area contributed by atoms with E-state index < -0.39 is 28.7 Å². The second-order valence-corrected chi connectivity index (χ2v) is 8.96. The molecule has 1 aromatic carbocycles. The molecule has 2 N–H and O–H groups in total. The molecule has 176 valence electrons. The van der Waals surface area contributed by atoms with E-state index in [0.29, 0.717) is 11.3 Å². The van der Waals surface area contributed by atoms with Gasteiger partial charge in [-0.1, -0.05) is 11.3 Å². The van der Waals surface area contributed by atoms with Gasteiger partial charge in [-0.05, 0) is 36.8 Å². The number of aromatic nitrogens is 4. The number of aromatic amines is 1. The van der Waals surface area contributed by atoms with E-state index in [0.717, 1.165) is 29.0 Å². The van der Waals surface area contributed by atoms with Crippen molar-refractivity contribution in [2.75, 3.05) is 19.7 Å². The van der Waals surface area contributed by atoms with Gasteiger partial charge in [-0.15, -0.1) is 0 Å². The lowest BCUT2D eigenvalue weighted by molar-refractivity contribution is -0.0214. The van der Waals surface area contributed by atoms with Crippen LogP contribution in [0.15, 0.2) is 35.3 Å². The SMILES string of the molecule is Cc1ccn2c(C[C@H]3CN(C(=O)O)CCO3)c(-c3c(F)cc(-c4n[nH]c(=O)s4)cc3F)nc2c1. The molecular formula is C22H19F2N5O4S. The van der Waals surface area contributed by atoms with Gasteiger partial charge < -0.3 is 19.1 Å². The Kier molecular flexibility index (Phi) is 5.62. The highest BCUT2D eigenvalue weighted by Gasteiger charge is 2.28. The Hall–Kier alpha value is -3.64. The predicted octanol–water partition coefficient (Wildman–Crippen LogP) is 3.32. The second kappa shape index (κ2) is 8.61. The zero-order valence-corrected chi connectivity index (χ0v) is 18.7. The summed E-state index contributed by atoms with van der Waals surface area (Å²) in [6.45, 7) is 2.51. The van der Waals surface area contributed by atoms with Crippen molar-refractivity contribution in [3.8, 4) is 21.8 Å². The lowest BCUT2D eigenvalue weighted by Crippen LogP contribution is -2.45. The zero-order chi connectivity index (χ0) is 24.0. The molecule has 0 aliphatic carbocycles. The Labute approximate surface area is 195 Å². The number of imidazole rings is 1. The van der Waals surface area contributed by atoms with Crippen molar-refractivity contribution in [2.45, 2.75) is 19.4 Å². The fourth-order valence-electron chi connectivity index (χ4n) is 4.10. The smallest absolute Gasteiger partial charge is 0.407 e. The molecular weight excluding hydrogens is 468 g/mol. The summed E-state index contributed by atoms with van der Waals surface area (Å²) in [5, 5.41) is 15.5. The third kappa shape index (κ3) is 4.05. The van der Waals surface area contributed by atoms with Crippen molar-refractivity contribution in [2.24, 2.45) is 0 Å². The number of rotatable bonds is 4. The Morgan fingerprint density at radius 3 is 2.76 bits per heavy atom. The number of aryl methyl sites for hydroxylation is 1. The van der Waals surface area contributed by atoms with Crippen molar-refractivity contribution in [1.82, 2.24) is 24.5 Å². The van der Waals surface area contributed by atoms with Crippen molar-refractivity contribution in [3.05, 3.63) is 63.0 Å². The number of hydrogen-bond acceptors (Lipinski definition) is 6. The van der Waals surface area contributed by atoms with Gasteiger partial charge in [0.1, 0.15) is 22.3 Å². The molecule has 4 heterocycles. The van der Waals surface area contributed by atoms with Crippen molar-refractivity contribution in [3.63, 3.8) is 0 Å². The second-order valence-electron chi connectivity index (χ2n) is 8.00. The van der Waals surface area contributed by atoms with Crippen LogP contribution in [0.2, 0.25) is 0 Å². The lowest BCUT2D eigenvalue weighted by atomic mass is 10.0. The van der Waals surface area contributed by atoms with Crippen LogP contribution in [0.4, 0.5) is 13.6 Å². The van der Waals surface area contributed by atoms with E-state index in [4.69, 9.17) is 4.74 Å². The van der Waals surface area contributed by atoms with Gasteiger partial charge in [0.05, 0.1) is 36.2 Å². The number of carboxylic acid groups (broad SMARTS) is 1. The van der Waals surface area contributed by atoms with Gasteiger partial charge >= 0.3 is 11.0 Å². The minimum Gasteiger partial charge on any atom is -0.465 e. The number of benzene rings is 1. The number of carbonyl (C=O) groups is 1. The van der Waals surface area contributed by atoms with Crippen molar-refractivity contribution < 1.29 is 23.4 Å². The van der Waals surface area contributed by atoms with Crippen LogP contribution < -0.4 is 4.87 Å². The molecule has 3 aromatic heterocycles. The molecule has 12 heteroatoms. The lowest BCUT2D eigenvalue weighted by Gasteiger charge is -2.31. The zero-order valence-electron chi connectivity index (χ0n) is 17.9.